The Balaban J connectivity index is 0.000000119. The highest BCUT2D eigenvalue weighted by atomic mass is 79.9. The minimum Gasteiger partial charge on any atom is -0.381 e. The summed E-state index contributed by atoms with van der Waals surface area (Å²) in [6.45, 7) is 11.3. The highest BCUT2D eigenvalue weighted by molar-refractivity contribution is 9.10. The number of halogens is 1. The molecule has 21 rings (SSSR count). The summed E-state index contributed by atoms with van der Waals surface area (Å²) >= 11 is 3.61. The lowest BCUT2D eigenvalue weighted by Gasteiger charge is -2.45. The summed E-state index contributed by atoms with van der Waals surface area (Å²) in [4.78, 5) is 103. The number of carbonyl (C=O) groups excluding carboxylic acids is 6. The summed E-state index contributed by atoms with van der Waals surface area (Å²) in [6.07, 6.45) is 24.4. The van der Waals surface area contributed by atoms with Crippen molar-refractivity contribution in [3.8, 4) is 0 Å². The fourth-order valence-corrected chi connectivity index (χ4v) is 24.6. The van der Waals surface area contributed by atoms with Gasteiger partial charge in [-0.25, -0.2) is 24.8 Å². The number of ether oxygens (including phenoxy) is 4. The first-order valence-electron chi connectivity index (χ1n) is 45.4. The van der Waals surface area contributed by atoms with Crippen molar-refractivity contribution in [3.05, 3.63) is 288 Å². The van der Waals surface area contributed by atoms with Crippen molar-refractivity contribution in [3.63, 3.8) is 0 Å². The Bertz CT molecular complexity index is 5720. The second kappa shape index (κ2) is 36.0. The molecule has 128 heavy (non-hydrogen) atoms. The Morgan fingerprint density at radius 1 is 0.383 bits per heavy atom. The van der Waals surface area contributed by atoms with Gasteiger partial charge >= 0.3 is 6.15 Å². The Hall–Kier alpha value is -11.3. The predicted molar refractivity (Wildman–Crippen MR) is 493 cm³/mol. The standard InChI is InChI=1S/C30H37N3O2.C25H26N4O2.C24H26BrN3O2.C24H27N3O2.CO2/c1-20-3-5-23(6-4-20)19-33-27(34)30(32-28(33)31)26-17-22(10-9-21-7-8-21)11-12-24(26)18-29(30)15-13-25(35-2)14-16-29;1-27-19-9-8-18-15-24(12-10-20(31-2)11-13-24)25(21(18)14-19)22(30)29(23(26)28-25)16-17-6-4-3-5-7-17;1-30-19-9-11-23(12-10-19)14-17-7-8-18(25)13-20(17)24(23)21(29)28(22(26)27-24)15-16-5-3-2-4-6-16;1-29-19-11-13-23(14-12-19)15-18-9-5-6-10-20(18)24(23)21(28)27(22(25)26-24)16-17-7-3-2-4-8-17;2-1-3/h3-6,11-12,17,21,25H,7-10,13-16,18-19H2,1-2H3,(H2,31,32);3-9,14,20H,10-13,15-16H2,2H3,(H2,26,28);2-8,13,19H,9-12,14-15H2,1H3,(H2,26,27);2-10,19H,11-16H2,1H3,(H2,25,26);. The molecule has 4 heterocycles. The molecule has 5 saturated carbocycles. The number of nitrogens with two attached hydrogens (primary N) is 4. The third kappa shape index (κ3) is 15.4. The molecule has 23 nitrogen and oxygen atoms in total. The number of fused-ring (bicyclic) bond motifs is 12. The van der Waals surface area contributed by atoms with E-state index < -0.39 is 22.2 Å². The van der Waals surface area contributed by atoms with Crippen LogP contribution in [0.4, 0.5) is 5.69 Å². The molecule has 8 N–H and O–H groups in total. The zero-order valence-corrected chi connectivity index (χ0v) is 75.5. The Morgan fingerprint density at radius 2 is 0.680 bits per heavy atom. The molecule has 9 aliphatic carbocycles. The smallest absolute Gasteiger partial charge is 0.373 e. The molecule has 24 heteroatoms. The van der Waals surface area contributed by atoms with Crippen molar-refractivity contribution in [1.82, 2.24) is 19.6 Å². The molecule has 4 aliphatic heterocycles. The Morgan fingerprint density at radius 3 is 1.03 bits per heavy atom. The van der Waals surface area contributed by atoms with Crippen LogP contribution < -0.4 is 22.9 Å². The number of aliphatic imine (C=N–C) groups is 4. The van der Waals surface area contributed by atoms with E-state index >= 15 is 0 Å². The van der Waals surface area contributed by atoms with Crippen LogP contribution in [0.25, 0.3) is 4.85 Å². The quantitative estimate of drug-likeness (QED) is 0.0694. The van der Waals surface area contributed by atoms with Crippen LogP contribution in [0.15, 0.2) is 219 Å². The average Bonchev–Trinajstić information content (AvgIpc) is 1.54. The van der Waals surface area contributed by atoms with Gasteiger partial charge in [-0.1, -0.05) is 216 Å². The molecule has 0 aromatic heterocycles. The van der Waals surface area contributed by atoms with E-state index in [0.29, 0.717) is 49.7 Å². The predicted octanol–water partition coefficient (Wildman–Crippen LogP) is 15.9. The molecule has 0 radical (unpaired) electrons. The first-order valence-corrected chi connectivity index (χ1v) is 46.2. The van der Waals surface area contributed by atoms with Gasteiger partial charge in [-0.05, 0) is 239 Å². The van der Waals surface area contributed by atoms with Gasteiger partial charge in [-0.2, -0.15) is 9.59 Å². The summed E-state index contributed by atoms with van der Waals surface area (Å²) < 4.78 is 23.5. The normalized spacial score (nSPS) is 29.4. The van der Waals surface area contributed by atoms with Crippen molar-refractivity contribution < 1.29 is 47.7 Å². The molecule has 4 unspecified atom stereocenters. The number of guanidine groups is 4. The van der Waals surface area contributed by atoms with Crippen LogP contribution in [-0.2, 0) is 128 Å². The van der Waals surface area contributed by atoms with Crippen LogP contribution in [0.5, 0.6) is 0 Å². The molecular formula is C104H116BrN13O10. The summed E-state index contributed by atoms with van der Waals surface area (Å²) in [5.41, 5.74) is 37.1. The molecule has 0 saturated heterocycles. The molecule has 13 aliphatic rings. The number of aryl methyl sites for hydroxylation is 2. The topological polar surface area (TPSA) is 310 Å². The maximum absolute atomic E-state index is 14.5. The van der Waals surface area contributed by atoms with Gasteiger partial charge in [0.15, 0.2) is 51.7 Å². The SMILES string of the molecule is COC1CCC2(CC1)Cc1ccc(Br)cc1C21N=C(N)N(Cc2ccccc2)C1=O.COC1CCC2(CC1)Cc1ccc(CCC3CC3)cc1C21N=C(N)N(Cc2ccc(C)cc2)C1=O.COC1CCC2(CC1)Cc1ccccc1C21N=C(N)N(Cc2ccccc2)C1=O.O=C=O.[C-]#[N+]c1ccc2c(c1)C1(N=C(N)N(Cc3ccccc3)C1=O)C1(CCC(OC)CC1)C2. The van der Waals surface area contributed by atoms with Gasteiger partial charge in [-0.15, -0.1) is 0 Å². The number of hydrogen-bond donors (Lipinski definition) is 4. The number of amides is 4. The van der Waals surface area contributed by atoms with E-state index in [1.807, 2.05) is 115 Å². The molecule has 8 aromatic carbocycles. The highest BCUT2D eigenvalue weighted by Gasteiger charge is 2.71. The molecule has 4 amide bonds. The maximum atomic E-state index is 14.5. The van der Waals surface area contributed by atoms with Crippen LogP contribution in [-0.4, -0.2) is 126 Å². The molecule has 664 valence electrons. The minimum atomic E-state index is -1.05. The lowest BCUT2D eigenvalue weighted by Crippen LogP contribution is -2.52. The third-order valence-electron chi connectivity index (χ3n) is 31.1. The van der Waals surface area contributed by atoms with Crippen LogP contribution >= 0.6 is 15.9 Å². The van der Waals surface area contributed by atoms with E-state index in [1.54, 1.807) is 48.0 Å². The van der Waals surface area contributed by atoms with Crippen molar-refractivity contribution >= 4 is 75.2 Å². The molecule has 8 aromatic rings. The first kappa shape index (κ1) is 88.7. The lowest BCUT2D eigenvalue weighted by atomic mass is 9.61. The summed E-state index contributed by atoms with van der Waals surface area (Å²) in [6, 6.07) is 65.3. The minimum absolute atomic E-state index is 0.0107. The fourth-order valence-electron chi connectivity index (χ4n) is 24.2. The van der Waals surface area contributed by atoms with Gasteiger partial charge in [0.05, 0.1) is 57.2 Å². The Labute approximate surface area is 758 Å². The average molecular weight is 1790 g/mol. The van der Waals surface area contributed by atoms with Crippen molar-refractivity contribution in [2.24, 2.45) is 70.5 Å². The van der Waals surface area contributed by atoms with Crippen LogP contribution in [0, 0.1) is 41.1 Å². The molecule has 0 bridgehead atoms. The first-order chi connectivity index (χ1) is 62.0. The zero-order chi connectivity index (χ0) is 89.6. The number of methoxy groups -OCH3 is 4. The lowest BCUT2D eigenvalue weighted by molar-refractivity contribution is -0.191. The van der Waals surface area contributed by atoms with Gasteiger partial charge in [0, 0.05) is 54.6 Å². The Kier molecular flexibility index (Phi) is 24.9. The van der Waals surface area contributed by atoms with E-state index in [-0.39, 0.29) is 81.8 Å². The van der Waals surface area contributed by atoms with E-state index in [4.69, 9.17) is 78.0 Å². The van der Waals surface area contributed by atoms with Crippen molar-refractivity contribution in [2.75, 3.05) is 28.4 Å². The second-order valence-corrected chi connectivity index (χ2v) is 38.7. The van der Waals surface area contributed by atoms with Crippen LogP contribution in [0.2, 0.25) is 0 Å². The van der Waals surface area contributed by atoms with E-state index in [2.05, 4.69) is 107 Å². The van der Waals surface area contributed by atoms with Gasteiger partial charge < -0.3 is 41.9 Å². The number of hydrogen-bond acceptors (Lipinski definition) is 18. The number of nitrogens with zero attached hydrogens (tertiary/aromatic N) is 9. The van der Waals surface area contributed by atoms with Gasteiger partial charge in [0.25, 0.3) is 23.6 Å². The monoisotopic (exact) mass is 1790 g/mol. The fraction of sp³-hybridized carbons (Fsp3) is 0.442. The number of benzene rings is 8. The summed E-state index contributed by atoms with van der Waals surface area (Å²) in [5.74, 6) is 2.21. The number of carbonyl (C=O) groups is 4. The van der Waals surface area contributed by atoms with E-state index in [9.17, 15) is 19.2 Å². The van der Waals surface area contributed by atoms with E-state index in [0.717, 1.165) is 195 Å². The second-order valence-electron chi connectivity index (χ2n) is 37.8. The molecule has 5 fully saturated rings. The summed E-state index contributed by atoms with van der Waals surface area (Å²) in [5, 5.41) is 0. The van der Waals surface area contributed by atoms with Crippen LogP contribution in [0.3, 0.4) is 0 Å². The number of rotatable bonds is 15. The van der Waals surface area contributed by atoms with Gasteiger partial charge in [0.1, 0.15) is 0 Å². The van der Waals surface area contributed by atoms with Gasteiger partial charge in [-0.3, -0.25) is 38.8 Å². The highest BCUT2D eigenvalue weighted by Crippen LogP contribution is 2.67. The third-order valence-corrected chi connectivity index (χ3v) is 31.6. The van der Waals surface area contributed by atoms with Crippen molar-refractivity contribution in [2.45, 2.75) is 234 Å². The largest absolute Gasteiger partial charge is 0.381 e. The van der Waals surface area contributed by atoms with Crippen molar-refractivity contribution in [1.29, 1.82) is 0 Å². The molecular weight excluding hydrogens is 1670 g/mol. The molecule has 8 spiro atoms. The maximum Gasteiger partial charge on any atom is 0.373 e. The van der Waals surface area contributed by atoms with Gasteiger partial charge in [0.2, 0.25) is 0 Å². The summed E-state index contributed by atoms with van der Waals surface area (Å²) in [7, 11) is 7.11. The van der Waals surface area contributed by atoms with Crippen LogP contribution in [0.1, 0.15) is 200 Å². The molecule has 4 atom stereocenters. The zero-order valence-electron chi connectivity index (χ0n) is 74.0. The van der Waals surface area contributed by atoms with E-state index in [1.165, 1.54) is 47.1 Å².